The van der Waals surface area contributed by atoms with E-state index in [9.17, 15) is 4.79 Å². The number of likely N-dealkylation sites (tertiary alicyclic amines) is 1. The summed E-state index contributed by atoms with van der Waals surface area (Å²) in [7, 11) is 0. The van der Waals surface area contributed by atoms with Crippen molar-refractivity contribution in [3.63, 3.8) is 0 Å². The summed E-state index contributed by atoms with van der Waals surface area (Å²) >= 11 is 0. The Morgan fingerprint density at radius 1 is 1.15 bits per heavy atom. The molecule has 7 nitrogen and oxygen atoms in total. The summed E-state index contributed by atoms with van der Waals surface area (Å²) in [6, 6.07) is 11.9. The van der Waals surface area contributed by atoms with Gasteiger partial charge in [0.05, 0.1) is 5.52 Å². The Bertz CT molecular complexity index is 1290. The average molecular weight is 441 g/mol. The number of nitrogens with one attached hydrogen (secondary N) is 2. The van der Waals surface area contributed by atoms with E-state index in [4.69, 9.17) is 0 Å². The Morgan fingerprint density at radius 3 is 2.82 bits per heavy atom. The van der Waals surface area contributed by atoms with E-state index in [2.05, 4.69) is 43.4 Å². The summed E-state index contributed by atoms with van der Waals surface area (Å²) in [5.74, 6) is 1.07. The van der Waals surface area contributed by atoms with Gasteiger partial charge in [0.2, 0.25) is 0 Å². The number of hydrogen-bond donors (Lipinski definition) is 2. The van der Waals surface area contributed by atoms with Crippen molar-refractivity contribution in [2.24, 2.45) is 5.92 Å². The number of carbonyl (C=O) groups excluding carboxylic acids is 1. The van der Waals surface area contributed by atoms with E-state index < -0.39 is 0 Å². The molecule has 1 amide bonds. The summed E-state index contributed by atoms with van der Waals surface area (Å²) in [6.07, 6.45) is 8.00. The lowest BCUT2D eigenvalue weighted by molar-refractivity contribution is 0.102. The topological polar surface area (TPSA) is 86.8 Å². The predicted molar refractivity (Wildman–Crippen MR) is 130 cm³/mol. The third kappa shape index (κ3) is 4.64. The number of piperidine rings is 1. The highest BCUT2D eigenvalue weighted by Crippen LogP contribution is 2.27. The summed E-state index contributed by atoms with van der Waals surface area (Å²) in [6.45, 7) is 7.44. The molecule has 0 radical (unpaired) electrons. The average Bonchev–Trinajstić information content (AvgIpc) is 3.26. The maximum Gasteiger partial charge on any atom is 0.277 e. The third-order valence-electron chi connectivity index (χ3n) is 6.43. The molecule has 0 unspecified atom stereocenters. The lowest BCUT2D eigenvalue weighted by atomic mass is 9.98. The molecule has 3 aromatic heterocycles. The number of benzene rings is 1. The van der Waals surface area contributed by atoms with Crippen molar-refractivity contribution in [1.29, 1.82) is 0 Å². The van der Waals surface area contributed by atoms with Crippen LogP contribution in [-0.4, -0.2) is 44.1 Å². The molecule has 0 atom stereocenters. The molecule has 33 heavy (non-hydrogen) atoms. The molecule has 4 heterocycles. The molecule has 0 spiro atoms. The minimum Gasteiger partial charge on any atom is -0.305 e. The summed E-state index contributed by atoms with van der Waals surface area (Å²) < 4.78 is 0. The molecular formula is C26H28N6O. The van der Waals surface area contributed by atoms with Crippen molar-refractivity contribution in [1.82, 2.24) is 25.1 Å². The summed E-state index contributed by atoms with van der Waals surface area (Å²) in [5, 5.41) is 10.9. The molecule has 0 bridgehead atoms. The van der Waals surface area contributed by atoms with E-state index >= 15 is 0 Å². The van der Waals surface area contributed by atoms with Crippen LogP contribution in [0, 0.1) is 12.8 Å². The van der Waals surface area contributed by atoms with Crippen molar-refractivity contribution in [3.8, 4) is 11.1 Å². The minimum atomic E-state index is -0.286. The van der Waals surface area contributed by atoms with Gasteiger partial charge in [0, 0.05) is 36.1 Å². The van der Waals surface area contributed by atoms with E-state index in [1.54, 1.807) is 6.20 Å². The second-order valence-electron chi connectivity index (χ2n) is 9.00. The van der Waals surface area contributed by atoms with Crippen molar-refractivity contribution in [3.05, 3.63) is 71.8 Å². The van der Waals surface area contributed by atoms with Crippen LogP contribution in [-0.2, 0) is 6.54 Å². The summed E-state index contributed by atoms with van der Waals surface area (Å²) in [4.78, 5) is 24.2. The number of H-pyrrole nitrogens is 1. The number of carbonyl (C=O) groups is 1. The van der Waals surface area contributed by atoms with Crippen LogP contribution < -0.4 is 5.32 Å². The molecule has 2 N–H and O–H groups in total. The Morgan fingerprint density at radius 2 is 2.00 bits per heavy atom. The quantitative estimate of drug-likeness (QED) is 0.465. The lowest BCUT2D eigenvalue weighted by Crippen LogP contribution is -2.32. The molecule has 4 aromatic rings. The Hall–Kier alpha value is -3.58. The number of nitrogens with zero attached hydrogens (tertiary/aromatic N) is 4. The lowest BCUT2D eigenvalue weighted by Gasteiger charge is -2.30. The van der Waals surface area contributed by atoms with Gasteiger partial charge in [0.1, 0.15) is 5.82 Å². The largest absolute Gasteiger partial charge is 0.305 e. The number of anilines is 1. The molecule has 0 saturated carbocycles. The standard InChI is InChI=1S/C26H28N6O/c1-17-7-10-32(11-8-17)16-19-12-21(15-27-14-19)20-5-6-23-22(13-20)24(31-30-23)26(33)29-25-18(2)4-3-9-28-25/h3-6,9,12-15,17H,7-8,10-11,16H2,1-2H3,(H,30,31)(H,28,29,33). The molecule has 1 aliphatic heterocycles. The number of amides is 1. The molecule has 5 rings (SSSR count). The van der Waals surface area contributed by atoms with E-state index in [0.29, 0.717) is 11.5 Å². The van der Waals surface area contributed by atoms with Crippen LogP contribution in [0.5, 0.6) is 0 Å². The second-order valence-corrected chi connectivity index (χ2v) is 9.00. The van der Waals surface area contributed by atoms with Crippen LogP contribution in [0.2, 0.25) is 0 Å². The SMILES string of the molecule is Cc1cccnc1NC(=O)c1n[nH]c2ccc(-c3cncc(CN4CCC(C)CC4)c3)cc12. The minimum absolute atomic E-state index is 0.286. The highest BCUT2D eigenvalue weighted by molar-refractivity contribution is 6.11. The van der Waals surface area contributed by atoms with Gasteiger partial charge in [-0.1, -0.05) is 19.1 Å². The van der Waals surface area contributed by atoms with E-state index in [0.717, 1.165) is 53.1 Å². The predicted octanol–water partition coefficient (Wildman–Crippen LogP) is 4.81. The first-order chi connectivity index (χ1) is 16.1. The normalized spacial score (nSPS) is 15.1. The van der Waals surface area contributed by atoms with Gasteiger partial charge in [0.25, 0.3) is 5.91 Å². The molecular weight excluding hydrogens is 412 g/mol. The van der Waals surface area contributed by atoms with Crippen LogP contribution in [0.3, 0.4) is 0 Å². The molecule has 168 valence electrons. The monoisotopic (exact) mass is 440 g/mol. The van der Waals surface area contributed by atoms with Crippen molar-refractivity contribution >= 4 is 22.6 Å². The first-order valence-corrected chi connectivity index (χ1v) is 11.4. The highest BCUT2D eigenvalue weighted by Gasteiger charge is 2.18. The molecule has 1 aliphatic rings. The van der Waals surface area contributed by atoms with Gasteiger partial charge in [-0.05, 0) is 79.7 Å². The Balaban J connectivity index is 1.39. The molecule has 1 aromatic carbocycles. The van der Waals surface area contributed by atoms with Crippen LogP contribution in [0.25, 0.3) is 22.0 Å². The van der Waals surface area contributed by atoms with E-state index in [-0.39, 0.29) is 5.91 Å². The Labute approximate surface area is 193 Å². The van der Waals surface area contributed by atoms with Gasteiger partial charge in [-0.3, -0.25) is 19.8 Å². The van der Waals surface area contributed by atoms with Gasteiger partial charge in [-0.15, -0.1) is 0 Å². The number of pyridine rings is 2. The zero-order valence-electron chi connectivity index (χ0n) is 19.0. The van der Waals surface area contributed by atoms with Gasteiger partial charge >= 0.3 is 0 Å². The van der Waals surface area contributed by atoms with Crippen LogP contribution >= 0.6 is 0 Å². The fourth-order valence-corrected chi connectivity index (χ4v) is 4.36. The summed E-state index contributed by atoms with van der Waals surface area (Å²) in [5.41, 5.74) is 5.31. The molecule has 1 fully saturated rings. The zero-order valence-corrected chi connectivity index (χ0v) is 19.0. The van der Waals surface area contributed by atoms with Crippen molar-refractivity contribution in [2.45, 2.75) is 33.2 Å². The molecule has 0 aliphatic carbocycles. The Kier molecular flexibility index (Phi) is 5.88. The third-order valence-corrected chi connectivity index (χ3v) is 6.43. The number of fused-ring (bicyclic) bond motifs is 1. The number of rotatable bonds is 5. The van der Waals surface area contributed by atoms with Gasteiger partial charge < -0.3 is 5.32 Å². The highest BCUT2D eigenvalue weighted by atomic mass is 16.2. The van der Waals surface area contributed by atoms with Crippen LogP contribution in [0.15, 0.2) is 55.0 Å². The number of hydrogen-bond acceptors (Lipinski definition) is 5. The smallest absolute Gasteiger partial charge is 0.277 e. The second kappa shape index (κ2) is 9.11. The molecule has 1 saturated heterocycles. The fraction of sp³-hybridized carbons (Fsp3) is 0.308. The van der Waals surface area contributed by atoms with Gasteiger partial charge in [-0.25, -0.2) is 4.98 Å². The van der Waals surface area contributed by atoms with Crippen molar-refractivity contribution < 1.29 is 4.79 Å². The van der Waals surface area contributed by atoms with Crippen molar-refractivity contribution in [2.75, 3.05) is 18.4 Å². The number of aromatic amines is 1. The van der Waals surface area contributed by atoms with Crippen LogP contribution in [0.1, 0.15) is 41.4 Å². The number of aromatic nitrogens is 4. The molecule has 7 heteroatoms. The maximum atomic E-state index is 12.9. The zero-order chi connectivity index (χ0) is 22.8. The van der Waals surface area contributed by atoms with Crippen LogP contribution in [0.4, 0.5) is 5.82 Å². The van der Waals surface area contributed by atoms with E-state index in [1.807, 2.05) is 49.6 Å². The maximum absolute atomic E-state index is 12.9. The van der Waals surface area contributed by atoms with Gasteiger partial charge in [-0.2, -0.15) is 5.10 Å². The fourth-order valence-electron chi connectivity index (χ4n) is 4.36. The number of aryl methyl sites for hydroxylation is 1. The first kappa shape index (κ1) is 21.3. The van der Waals surface area contributed by atoms with Gasteiger partial charge in [0.15, 0.2) is 5.69 Å². The van der Waals surface area contributed by atoms with E-state index in [1.165, 1.54) is 18.4 Å². The first-order valence-electron chi connectivity index (χ1n) is 11.4.